The van der Waals surface area contributed by atoms with Gasteiger partial charge in [-0.3, -0.25) is 4.79 Å². The lowest BCUT2D eigenvalue weighted by molar-refractivity contribution is 0.0373. The number of ether oxygens (including phenoxy) is 2. The highest BCUT2D eigenvalue weighted by Gasteiger charge is 2.54. The number of hydrogen-bond donors (Lipinski definition) is 3. The first-order valence-electron chi connectivity index (χ1n) is 14.0. The SMILES string of the molecule is NC(=O)O[C@@H]1CCCN(C(=O)c2cc3c4c(c2)C(N)C(c2cc5ccccc5n2CC2CC2)C4(N)CCO3)C1. The van der Waals surface area contributed by atoms with E-state index in [0.717, 1.165) is 29.8 Å². The number of amides is 2. The summed E-state index contributed by atoms with van der Waals surface area (Å²) in [5.74, 6) is 1.06. The molecule has 3 aromatic rings. The number of carbonyl (C=O) groups excluding carboxylic acids is 2. The summed E-state index contributed by atoms with van der Waals surface area (Å²) in [5.41, 5.74) is 23.7. The van der Waals surface area contributed by atoms with Gasteiger partial charge in [-0.1, -0.05) is 18.2 Å². The molecular weight excluding hydrogens is 494 g/mol. The van der Waals surface area contributed by atoms with Crippen LogP contribution in [-0.2, 0) is 16.8 Å². The molecule has 2 fully saturated rings. The number of aromatic nitrogens is 1. The Labute approximate surface area is 227 Å². The largest absolute Gasteiger partial charge is 0.493 e. The van der Waals surface area contributed by atoms with Crippen molar-refractivity contribution in [1.82, 2.24) is 9.47 Å². The number of rotatable bonds is 5. The average molecular weight is 530 g/mol. The van der Waals surface area contributed by atoms with Gasteiger partial charge in [-0.25, -0.2) is 4.79 Å². The van der Waals surface area contributed by atoms with E-state index in [1.165, 1.54) is 23.7 Å². The minimum absolute atomic E-state index is 0.137. The summed E-state index contributed by atoms with van der Waals surface area (Å²) in [4.78, 5) is 26.6. The second-order valence-corrected chi connectivity index (χ2v) is 11.7. The second kappa shape index (κ2) is 8.99. The third-order valence-electron chi connectivity index (χ3n) is 9.14. The van der Waals surface area contributed by atoms with Gasteiger partial charge in [0.05, 0.1) is 18.7 Å². The van der Waals surface area contributed by atoms with Gasteiger partial charge in [-0.05, 0) is 66.8 Å². The van der Waals surface area contributed by atoms with Crippen LogP contribution in [0.5, 0.6) is 5.75 Å². The number of likely N-dealkylation sites (tertiary alicyclic amines) is 1. The summed E-state index contributed by atoms with van der Waals surface area (Å²) >= 11 is 0. The Bertz CT molecular complexity index is 1480. The maximum Gasteiger partial charge on any atom is 0.404 e. The molecular formula is C30H35N5O4. The predicted molar refractivity (Wildman–Crippen MR) is 146 cm³/mol. The van der Waals surface area contributed by atoms with Gasteiger partial charge in [0.15, 0.2) is 0 Å². The Morgan fingerprint density at radius 1 is 1.13 bits per heavy atom. The van der Waals surface area contributed by atoms with Crippen molar-refractivity contribution in [2.45, 2.75) is 62.3 Å². The quantitative estimate of drug-likeness (QED) is 0.462. The van der Waals surface area contributed by atoms with E-state index >= 15 is 0 Å². The van der Waals surface area contributed by atoms with Crippen molar-refractivity contribution in [3.8, 4) is 5.75 Å². The van der Waals surface area contributed by atoms with Crippen molar-refractivity contribution in [1.29, 1.82) is 0 Å². The van der Waals surface area contributed by atoms with Crippen molar-refractivity contribution >= 4 is 22.9 Å². The Balaban J connectivity index is 1.28. The minimum Gasteiger partial charge on any atom is -0.493 e. The van der Waals surface area contributed by atoms with E-state index < -0.39 is 17.7 Å². The fourth-order valence-corrected chi connectivity index (χ4v) is 7.17. The molecule has 9 heteroatoms. The van der Waals surface area contributed by atoms with Gasteiger partial charge in [0, 0.05) is 53.8 Å². The Hall–Kier alpha value is -3.56. The number of hydrogen-bond acceptors (Lipinski definition) is 6. The van der Waals surface area contributed by atoms with Crippen LogP contribution in [0.2, 0.25) is 0 Å². The molecule has 0 bridgehead atoms. The van der Waals surface area contributed by atoms with E-state index in [1.807, 2.05) is 12.1 Å². The molecule has 0 spiro atoms. The fourth-order valence-electron chi connectivity index (χ4n) is 7.17. The van der Waals surface area contributed by atoms with Gasteiger partial charge in [-0.2, -0.15) is 0 Å². The van der Waals surface area contributed by atoms with Crippen molar-refractivity contribution in [2.75, 3.05) is 19.7 Å². The molecule has 4 atom stereocenters. The summed E-state index contributed by atoms with van der Waals surface area (Å²) in [7, 11) is 0. The molecule has 2 aromatic carbocycles. The van der Waals surface area contributed by atoms with Crippen LogP contribution >= 0.6 is 0 Å². The Kier molecular flexibility index (Phi) is 5.64. The molecule has 7 rings (SSSR count). The van der Waals surface area contributed by atoms with E-state index in [-0.39, 0.29) is 17.9 Å². The summed E-state index contributed by atoms with van der Waals surface area (Å²) in [5, 5.41) is 1.20. The normalized spacial score (nSPS) is 27.7. The van der Waals surface area contributed by atoms with Crippen LogP contribution in [0.25, 0.3) is 10.9 Å². The minimum atomic E-state index is -0.819. The molecule has 1 saturated heterocycles. The zero-order chi connectivity index (χ0) is 26.9. The topological polar surface area (TPSA) is 139 Å². The number of nitrogens with zero attached hydrogens (tertiary/aromatic N) is 2. The first kappa shape index (κ1) is 24.5. The Morgan fingerprint density at radius 2 is 1.95 bits per heavy atom. The molecule has 4 aliphatic rings. The lowest BCUT2D eigenvalue weighted by atomic mass is 9.77. The molecule has 2 aliphatic heterocycles. The zero-order valence-electron chi connectivity index (χ0n) is 22.0. The van der Waals surface area contributed by atoms with Crippen LogP contribution in [0, 0.1) is 5.92 Å². The third-order valence-corrected chi connectivity index (χ3v) is 9.14. The van der Waals surface area contributed by atoms with Gasteiger partial charge in [0.1, 0.15) is 11.9 Å². The molecule has 2 amide bonds. The number of benzene rings is 2. The number of carbonyl (C=O) groups is 2. The highest BCUT2D eigenvalue weighted by molar-refractivity contribution is 5.95. The predicted octanol–water partition coefficient (Wildman–Crippen LogP) is 3.48. The lowest BCUT2D eigenvalue weighted by Crippen LogP contribution is -2.46. The van der Waals surface area contributed by atoms with E-state index in [0.29, 0.717) is 49.8 Å². The molecule has 39 heavy (non-hydrogen) atoms. The van der Waals surface area contributed by atoms with Crippen molar-refractivity contribution < 1.29 is 19.1 Å². The Morgan fingerprint density at radius 3 is 2.74 bits per heavy atom. The van der Waals surface area contributed by atoms with Crippen LogP contribution in [0.15, 0.2) is 42.5 Å². The molecule has 3 heterocycles. The van der Waals surface area contributed by atoms with Crippen LogP contribution < -0.4 is 21.9 Å². The number of fused-ring (bicyclic) bond motifs is 1. The number of nitrogens with two attached hydrogens (primary N) is 3. The third kappa shape index (κ3) is 3.98. The van der Waals surface area contributed by atoms with Gasteiger partial charge >= 0.3 is 6.09 Å². The van der Waals surface area contributed by atoms with E-state index in [2.05, 4.69) is 34.9 Å². The lowest BCUT2D eigenvalue weighted by Gasteiger charge is -2.38. The van der Waals surface area contributed by atoms with Crippen molar-refractivity contribution in [3.63, 3.8) is 0 Å². The van der Waals surface area contributed by atoms with E-state index in [9.17, 15) is 9.59 Å². The summed E-state index contributed by atoms with van der Waals surface area (Å²) < 4.78 is 13.8. The monoisotopic (exact) mass is 529 g/mol. The van der Waals surface area contributed by atoms with E-state index in [4.69, 9.17) is 26.7 Å². The van der Waals surface area contributed by atoms with Crippen LogP contribution in [-0.4, -0.2) is 47.3 Å². The molecule has 2 aliphatic carbocycles. The molecule has 1 aromatic heterocycles. The second-order valence-electron chi connectivity index (χ2n) is 11.7. The molecule has 204 valence electrons. The molecule has 9 nitrogen and oxygen atoms in total. The maximum atomic E-state index is 13.7. The van der Waals surface area contributed by atoms with Crippen molar-refractivity contribution in [2.24, 2.45) is 23.1 Å². The van der Waals surface area contributed by atoms with Crippen LogP contribution in [0.1, 0.15) is 71.2 Å². The molecule has 1 saturated carbocycles. The first-order valence-corrected chi connectivity index (χ1v) is 14.0. The van der Waals surface area contributed by atoms with E-state index in [1.54, 1.807) is 4.90 Å². The standard InChI is InChI=1S/C30H35N5O4/c31-27-21-12-19(28(36)34-10-3-5-20(16-34)39-29(32)37)14-24-25(21)30(33,9-11-38-24)26(27)23-13-18-4-1-2-6-22(18)35(23)15-17-7-8-17/h1-2,4,6,12-14,17,20,26-27H,3,5,7-11,15-16,31,33H2,(H2,32,37)/t20-,26?,27?,30?/m1/s1. The first-order chi connectivity index (χ1) is 18.8. The van der Waals surface area contributed by atoms with Crippen LogP contribution in [0.3, 0.4) is 0 Å². The average Bonchev–Trinajstić information content (AvgIpc) is 3.63. The highest BCUT2D eigenvalue weighted by atomic mass is 16.6. The number of para-hydroxylation sites is 1. The van der Waals surface area contributed by atoms with Crippen molar-refractivity contribution in [3.05, 3.63) is 64.8 Å². The van der Waals surface area contributed by atoms with Gasteiger partial charge in [0.2, 0.25) is 0 Å². The highest BCUT2D eigenvalue weighted by Crippen LogP contribution is 2.58. The molecule has 6 N–H and O–H groups in total. The summed E-state index contributed by atoms with van der Waals surface area (Å²) in [6.45, 7) is 2.33. The fraction of sp³-hybridized carbons (Fsp3) is 0.467. The summed E-state index contributed by atoms with van der Waals surface area (Å²) in [6.07, 6.45) is 3.35. The van der Waals surface area contributed by atoms with Crippen LogP contribution in [0.4, 0.5) is 4.79 Å². The summed E-state index contributed by atoms with van der Waals surface area (Å²) in [6, 6.07) is 14.1. The number of primary amides is 1. The van der Waals surface area contributed by atoms with Gasteiger partial charge < -0.3 is 36.1 Å². The van der Waals surface area contributed by atoms with Gasteiger partial charge in [0.25, 0.3) is 5.91 Å². The molecule has 3 unspecified atom stereocenters. The molecule has 0 radical (unpaired) electrons. The van der Waals surface area contributed by atoms with Gasteiger partial charge in [-0.15, -0.1) is 0 Å². The number of piperidine rings is 1. The zero-order valence-corrected chi connectivity index (χ0v) is 22.0. The maximum absolute atomic E-state index is 13.7. The smallest absolute Gasteiger partial charge is 0.404 e.